The molecule has 1 atom stereocenters. The van der Waals surface area contributed by atoms with Crippen molar-refractivity contribution in [2.45, 2.75) is 40.3 Å². The van der Waals surface area contributed by atoms with Crippen LogP contribution in [-0.4, -0.2) is 43.8 Å². The number of nitrogens with one attached hydrogen (secondary N) is 1. The minimum absolute atomic E-state index is 0.479. The van der Waals surface area contributed by atoms with Gasteiger partial charge in [-0.15, -0.1) is 0 Å². The minimum atomic E-state index is 0.479. The van der Waals surface area contributed by atoms with Crippen LogP contribution in [-0.2, 0) is 11.3 Å². The van der Waals surface area contributed by atoms with Crippen LogP contribution in [0.5, 0.6) is 0 Å². The molecule has 2 heterocycles. The average molecular weight is 266 g/mol. The Morgan fingerprint density at radius 1 is 1.16 bits per heavy atom. The fourth-order valence-electron chi connectivity index (χ4n) is 2.61. The smallest absolute Gasteiger partial charge is 0.105 e. The van der Waals surface area contributed by atoms with Crippen molar-refractivity contribution in [1.82, 2.24) is 10.2 Å². The van der Waals surface area contributed by atoms with Crippen molar-refractivity contribution in [2.24, 2.45) is 0 Å². The van der Waals surface area contributed by atoms with E-state index in [9.17, 15) is 0 Å². The van der Waals surface area contributed by atoms with Crippen LogP contribution in [0.25, 0.3) is 0 Å². The number of ether oxygens (including phenoxy) is 1. The second-order valence-electron chi connectivity index (χ2n) is 5.51. The molecule has 4 heteroatoms. The van der Waals surface area contributed by atoms with Crippen LogP contribution in [0.2, 0.25) is 0 Å². The quantitative estimate of drug-likeness (QED) is 0.885. The van der Waals surface area contributed by atoms with E-state index >= 15 is 0 Å². The number of aryl methyl sites for hydroxylation is 2. The van der Waals surface area contributed by atoms with E-state index in [2.05, 4.69) is 24.1 Å². The number of hydrogen-bond donors (Lipinski definition) is 1. The van der Waals surface area contributed by atoms with Crippen molar-refractivity contribution in [3.8, 4) is 0 Å². The van der Waals surface area contributed by atoms with E-state index in [1.165, 1.54) is 11.1 Å². The third-order valence-corrected chi connectivity index (χ3v) is 3.97. The largest absolute Gasteiger partial charge is 0.466 e. The van der Waals surface area contributed by atoms with Crippen molar-refractivity contribution in [3.63, 3.8) is 0 Å². The van der Waals surface area contributed by atoms with E-state index in [4.69, 9.17) is 9.15 Å². The van der Waals surface area contributed by atoms with Gasteiger partial charge in [-0.1, -0.05) is 0 Å². The fourth-order valence-corrected chi connectivity index (χ4v) is 2.61. The molecule has 0 spiro atoms. The summed E-state index contributed by atoms with van der Waals surface area (Å²) in [5.74, 6) is 2.08. The second kappa shape index (κ2) is 6.55. The van der Waals surface area contributed by atoms with Crippen LogP contribution in [0, 0.1) is 20.8 Å². The molecule has 0 aliphatic carbocycles. The molecule has 0 aromatic carbocycles. The van der Waals surface area contributed by atoms with Gasteiger partial charge in [0.1, 0.15) is 11.5 Å². The maximum absolute atomic E-state index is 5.66. The molecule has 0 amide bonds. The Morgan fingerprint density at radius 2 is 1.84 bits per heavy atom. The summed E-state index contributed by atoms with van der Waals surface area (Å²) in [5, 5.41) is 3.60. The molecule has 1 unspecified atom stereocenters. The monoisotopic (exact) mass is 266 g/mol. The highest BCUT2D eigenvalue weighted by Crippen LogP contribution is 2.20. The number of rotatable bonds is 5. The SMILES string of the molecule is Cc1oc(C)c(CNC(C)CN2CCOCC2)c1C. The molecule has 108 valence electrons. The van der Waals surface area contributed by atoms with Crippen LogP contribution < -0.4 is 5.32 Å². The summed E-state index contributed by atoms with van der Waals surface area (Å²) in [4.78, 5) is 2.46. The Bertz CT molecular complexity index is 409. The predicted octanol–water partition coefficient (Wildman–Crippen LogP) is 2.02. The van der Waals surface area contributed by atoms with Gasteiger partial charge in [0.15, 0.2) is 0 Å². The van der Waals surface area contributed by atoms with Crippen molar-refractivity contribution in [2.75, 3.05) is 32.8 Å². The van der Waals surface area contributed by atoms with Crippen LogP contribution in [0.15, 0.2) is 4.42 Å². The Labute approximate surface area is 116 Å². The van der Waals surface area contributed by atoms with Crippen molar-refractivity contribution in [1.29, 1.82) is 0 Å². The lowest BCUT2D eigenvalue weighted by Gasteiger charge is -2.29. The van der Waals surface area contributed by atoms with Gasteiger partial charge < -0.3 is 14.5 Å². The van der Waals surface area contributed by atoms with Crippen LogP contribution in [0.3, 0.4) is 0 Å². The molecule has 1 aromatic rings. The molecule has 1 aliphatic rings. The molecule has 0 bridgehead atoms. The summed E-state index contributed by atoms with van der Waals surface area (Å²) in [6.07, 6.45) is 0. The first-order valence-electron chi connectivity index (χ1n) is 7.17. The summed E-state index contributed by atoms with van der Waals surface area (Å²) in [6.45, 7) is 14.3. The van der Waals surface area contributed by atoms with Crippen LogP contribution in [0.4, 0.5) is 0 Å². The Hall–Kier alpha value is -0.840. The van der Waals surface area contributed by atoms with E-state index in [1.54, 1.807) is 0 Å². The van der Waals surface area contributed by atoms with E-state index in [1.807, 2.05) is 13.8 Å². The van der Waals surface area contributed by atoms with E-state index < -0.39 is 0 Å². The highest BCUT2D eigenvalue weighted by atomic mass is 16.5. The fraction of sp³-hybridized carbons (Fsp3) is 0.733. The third kappa shape index (κ3) is 3.81. The van der Waals surface area contributed by atoms with Gasteiger partial charge in [0.2, 0.25) is 0 Å². The maximum Gasteiger partial charge on any atom is 0.105 e. The highest BCUT2D eigenvalue weighted by molar-refractivity contribution is 5.31. The second-order valence-corrected chi connectivity index (χ2v) is 5.51. The molecule has 2 rings (SSSR count). The molecule has 0 radical (unpaired) electrons. The summed E-state index contributed by atoms with van der Waals surface area (Å²) in [6, 6.07) is 0.479. The maximum atomic E-state index is 5.66. The van der Waals surface area contributed by atoms with Crippen LogP contribution >= 0.6 is 0 Å². The highest BCUT2D eigenvalue weighted by Gasteiger charge is 2.15. The first-order chi connectivity index (χ1) is 9.08. The average Bonchev–Trinajstić information content (AvgIpc) is 2.62. The molecule has 1 fully saturated rings. The first kappa shape index (κ1) is 14.6. The standard InChI is InChI=1S/C15H26N2O2/c1-11(10-17-5-7-18-8-6-17)16-9-15-12(2)13(3)19-14(15)4/h11,16H,5-10H2,1-4H3. The normalized spacial score (nSPS) is 18.7. The van der Waals surface area contributed by atoms with Gasteiger partial charge in [-0.2, -0.15) is 0 Å². The Morgan fingerprint density at radius 3 is 2.42 bits per heavy atom. The van der Waals surface area contributed by atoms with Gasteiger partial charge in [0, 0.05) is 37.8 Å². The topological polar surface area (TPSA) is 37.6 Å². The van der Waals surface area contributed by atoms with E-state index in [-0.39, 0.29) is 0 Å². The first-order valence-corrected chi connectivity index (χ1v) is 7.17. The number of morpholine rings is 1. The van der Waals surface area contributed by atoms with Crippen molar-refractivity contribution >= 4 is 0 Å². The zero-order valence-corrected chi connectivity index (χ0v) is 12.6. The predicted molar refractivity (Wildman–Crippen MR) is 76.5 cm³/mol. The van der Waals surface area contributed by atoms with Gasteiger partial charge in [0.05, 0.1) is 13.2 Å². The third-order valence-electron chi connectivity index (χ3n) is 3.97. The zero-order chi connectivity index (χ0) is 13.8. The van der Waals surface area contributed by atoms with Gasteiger partial charge >= 0.3 is 0 Å². The lowest BCUT2D eigenvalue weighted by atomic mass is 10.1. The summed E-state index contributed by atoms with van der Waals surface area (Å²) in [7, 11) is 0. The van der Waals surface area contributed by atoms with E-state index in [0.29, 0.717) is 6.04 Å². The van der Waals surface area contributed by atoms with Gasteiger partial charge in [-0.05, 0) is 33.3 Å². The molecule has 0 saturated carbocycles. The minimum Gasteiger partial charge on any atom is -0.466 e. The lowest BCUT2D eigenvalue weighted by Crippen LogP contribution is -2.44. The molecular weight excluding hydrogens is 240 g/mol. The van der Waals surface area contributed by atoms with Gasteiger partial charge in [-0.3, -0.25) is 4.90 Å². The molecule has 1 N–H and O–H groups in total. The summed E-state index contributed by atoms with van der Waals surface area (Å²) in [5.41, 5.74) is 2.59. The van der Waals surface area contributed by atoms with Crippen molar-refractivity contribution in [3.05, 3.63) is 22.6 Å². The molecule has 1 saturated heterocycles. The Kier molecular flexibility index (Phi) is 5.02. The molecule has 1 aliphatic heterocycles. The van der Waals surface area contributed by atoms with Gasteiger partial charge in [-0.25, -0.2) is 0 Å². The van der Waals surface area contributed by atoms with Gasteiger partial charge in [0.25, 0.3) is 0 Å². The molecule has 4 nitrogen and oxygen atoms in total. The Balaban J connectivity index is 1.80. The zero-order valence-electron chi connectivity index (χ0n) is 12.6. The molecule has 19 heavy (non-hydrogen) atoms. The molecule has 1 aromatic heterocycles. The van der Waals surface area contributed by atoms with Crippen molar-refractivity contribution < 1.29 is 9.15 Å². The summed E-state index contributed by atoms with van der Waals surface area (Å²) >= 11 is 0. The van der Waals surface area contributed by atoms with E-state index in [0.717, 1.165) is 50.9 Å². The number of nitrogens with zero attached hydrogens (tertiary/aromatic N) is 1. The molecular formula is C15H26N2O2. The number of hydrogen-bond acceptors (Lipinski definition) is 4. The summed E-state index contributed by atoms with van der Waals surface area (Å²) < 4.78 is 11.0. The number of furan rings is 1. The lowest BCUT2D eigenvalue weighted by molar-refractivity contribution is 0.0343. The van der Waals surface area contributed by atoms with Crippen LogP contribution in [0.1, 0.15) is 29.6 Å².